The lowest BCUT2D eigenvalue weighted by atomic mass is 9.79. The summed E-state index contributed by atoms with van der Waals surface area (Å²) >= 11 is 0. The lowest BCUT2D eigenvalue weighted by Crippen LogP contribution is -2.14. The van der Waals surface area contributed by atoms with E-state index < -0.39 is 0 Å². The lowest BCUT2D eigenvalue weighted by molar-refractivity contribution is 0.661. The van der Waals surface area contributed by atoms with Gasteiger partial charge in [-0.2, -0.15) is 0 Å². The highest BCUT2D eigenvalue weighted by atomic mass is 15.1. The maximum absolute atomic E-state index is 5.26. The van der Waals surface area contributed by atoms with Crippen LogP contribution >= 0.6 is 0 Å². The van der Waals surface area contributed by atoms with Crippen molar-refractivity contribution in [2.75, 3.05) is 0 Å². The number of rotatable bonds is 4. The predicted molar refractivity (Wildman–Crippen MR) is 210 cm³/mol. The smallest absolute Gasteiger partial charge is 0.145 e. The van der Waals surface area contributed by atoms with Crippen molar-refractivity contribution in [2.24, 2.45) is 0 Å². The quantitative estimate of drug-likeness (QED) is 0.175. The molecule has 0 radical (unpaired) electrons. The van der Waals surface area contributed by atoms with Crippen LogP contribution < -0.4 is 0 Å². The van der Waals surface area contributed by atoms with Crippen LogP contribution in [0.2, 0.25) is 0 Å². The summed E-state index contributed by atoms with van der Waals surface area (Å²) < 4.78 is 2.30. The molecule has 1 aliphatic rings. The van der Waals surface area contributed by atoms with E-state index in [2.05, 4.69) is 188 Å². The Bertz CT molecular complexity index is 2760. The number of hydrogen-bond acceptors (Lipinski definition) is 1. The minimum atomic E-state index is -0.113. The second kappa shape index (κ2) is 10.9. The van der Waals surface area contributed by atoms with Crippen molar-refractivity contribution in [3.63, 3.8) is 0 Å². The zero-order chi connectivity index (χ0) is 33.4. The van der Waals surface area contributed by atoms with Gasteiger partial charge in [-0.05, 0) is 109 Å². The molecule has 0 spiro atoms. The van der Waals surface area contributed by atoms with Gasteiger partial charge in [-0.1, -0.05) is 141 Å². The predicted octanol–water partition coefficient (Wildman–Crippen LogP) is 12.6. The number of fused-ring (bicyclic) bond motifs is 6. The molecule has 0 N–H and O–H groups in total. The van der Waals surface area contributed by atoms with E-state index in [0.717, 1.165) is 28.1 Å². The summed E-state index contributed by atoms with van der Waals surface area (Å²) in [5, 5.41) is 5.01. The van der Waals surface area contributed by atoms with E-state index in [1.54, 1.807) is 0 Å². The van der Waals surface area contributed by atoms with Gasteiger partial charge in [0.1, 0.15) is 5.82 Å². The van der Waals surface area contributed by atoms with Gasteiger partial charge in [0.15, 0.2) is 0 Å². The summed E-state index contributed by atoms with van der Waals surface area (Å²) in [6.45, 7) is 4.74. The first kappa shape index (κ1) is 28.7. The average Bonchev–Trinajstić information content (AvgIpc) is 3.66. The summed E-state index contributed by atoms with van der Waals surface area (Å²) in [4.78, 5) is 5.26. The summed E-state index contributed by atoms with van der Waals surface area (Å²) in [7, 11) is 0. The van der Waals surface area contributed by atoms with Gasteiger partial charge in [-0.15, -0.1) is 0 Å². The van der Waals surface area contributed by atoms with Gasteiger partial charge >= 0.3 is 0 Å². The van der Waals surface area contributed by atoms with Crippen LogP contribution in [-0.2, 0) is 5.41 Å². The van der Waals surface area contributed by atoms with Crippen LogP contribution in [0.5, 0.6) is 0 Å². The third-order valence-corrected chi connectivity index (χ3v) is 10.8. The molecule has 0 saturated heterocycles. The summed E-state index contributed by atoms with van der Waals surface area (Å²) in [6.07, 6.45) is 0. The molecule has 0 atom stereocenters. The first-order valence-corrected chi connectivity index (χ1v) is 17.4. The van der Waals surface area contributed by atoms with Gasteiger partial charge in [0.25, 0.3) is 0 Å². The number of hydrogen-bond donors (Lipinski definition) is 0. The van der Waals surface area contributed by atoms with Gasteiger partial charge in [0, 0.05) is 16.7 Å². The molecule has 10 rings (SSSR count). The second-order valence-corrected chi connectivity index (χ2v) is 14.0. The molecule has 2 heteroatoms. The maximum Gasteiger partial charge on any atom is 0.145 e. The van der Waals surface area contributed by atoms with Crippen molar-refractivity contribution >= 4 is 32.6 Å². The SMILES string of the molecule is CC1(C)c2ccccc2-c2cc3c(-c4ccccc4)c4ccc(-c5nc6ccccc6n5-c5ccccc5)cc4c(-c4ccccc4)c3cc21. The molecule has 0 unspecified atom stereocenters. The van der Waals surface area contributed by atoms with E-state index in [0.29, 0.717) is 0 Å². The fourth-order valence-corrected chi connectivity index (χ4v) is 8.45. The molecule has 236 valence electrons. The standard InChI is InChI=1S/C48H34N2/c1-48(2)41-23-13-12-22-35(41)37-29-39-40(30-42(37)48)46(32-18-8-4-9-19-32)38-28-33(26-27-36(38)45(39)31-16-6-3-7-17-31)47-49-43-24-14-15-25-44(43)50(47)34-20-10-5-11-21-34/h3-30H,1-2H3. The van der Waals surface area contributed by atoms with Crippen LogP contribution in [0.1, 0.15) is 25.0 Å². The molecule has 0 fully saturated rings. The molecule has 0 aliphatic heterocycles. The molecule has 1 aromatic heterocycles. The largest absolute Gasteiger partial charge is 0.292 e. The van der Waals surface area contributed by atoms with E-state index >= 15 is 0 Å². The van der Waals surface area contributed by atoms with Crippen LogP contribution in [0.3, 0.4) is 0 Å². The molecule has 2 nitrogen and oxygen atoms in total. The van der Waals surface area contributed by atoms with Crippen LogP contribution in [0, 0.1) is 0 Å². The Balaban J connectivity index is 1.36. The van der Waals surface area contributed by atoms with Gasteiger partial charge in [-0.3, -0.25) is 4.57 Å². The van der Waals surface area contributed by atoms with Gasteiger partial charge < -0.3 is 0 Å². The number of imidazole rings is 1. The van der Waals surface area contributed by atoms with Crippen molar-refractivity contribution in [3.05, 3.63) is 181 Å². The molecule has 0 bridgehead atoms. The first-order chi connectivity index (χ1) is 24.6. The van der Waals surface area contributed by atoms with Crippen LogP contribution in [0.4, 0.5) is 0 Å². The van der Waals surface area contributed by atoms with E-state index in [1.165, 1.54) is 66.1 Å². The van der Waals surface area contributed by atoms with E-state index in [-0.39, 0.29) is 5.41 Å². The topological polar surface area (TPSA) is 17.8 Å². The highest BCUT2D eigenvalue weighted by Crippen LogP contribution is 2.53. The second-order valence-electron chi connectivity index (χ2n) is 14.0. The number of benzene rings is 8. The Morgan fingerprint density at radius 2 is 1.02 bits per heavy atom. The van der Waals surface area contributed by atoms with Crippen molar-refractivity contribution in [1.29, 1.82) is 0 Å². The number of aromatic nitrogens is 2. The van der Waals surface area contributed by atoms with Crippen molar-refractivity contribution in [1.82, 2.24) is 9.55 Å². The number of para-hydroxylation sites is 3. The molecule has 50 heavy (non-hydrogen) atoms. The van der Waals surface area contributed by atoms with Crippen molar-refractivity contribution in [2.45, 2.75) is 19.3 Å². The Kier molecular flexibility index (Phi) is 6.25. The molecular formula is C48H34N2. The summed E-state index contributed by atoms with van der Waals surface area (Å²) in [5.41, 5.74) is 14.5. The zero-order valence-electron chi connectivity index (χ0n) is 28.1. The van der Waals surface area contributed by atoms with Crippen molar-refractivity contribution in [3.8, 4) is 50.5 Å². The van der Waals surface area contributed by atoms with Crippen LogP contribution in [0.25, 0.3) is 83.0 Å². The molecular weight excluding hydrogens is 605 g/mol. The van der Waals surface area contributed by atoms with E-state index in [4.69, 9.17) is 4.98 Å². The van der Waals surface area contributed by atoms with Crippen LogP contribution in [-0.4, -0.2) is 9.55 Å². The fraction of sp³-hybridized carbons (Fsp3) is 0.0625. The molecule has 0 saturated carbocycles. The van der Waals surface area contributed by atoms with Gasteiger partial charge in [0.05, 0.1) is 11.0 Å². The first-order valence-electron chi connectivity index (χ1n) is 17.4. The Labute approximate surface area is 291 Å². The van der Waals surface area contributed by atoms with Gasteiger partial charge in [0.2, 0.25) is 0 Å². The Morgan fingerprint density at radius 1 is 0.440 bits per heavy atom. The molecule has 1 aliphatic carbocycles. The zero-order valence-corrected chi connectivity index (χ0v) is 28.1. The minimum absolute atomic E-state index is 0.113. The normalized spacial score (nSPS) is 13.2. The molecule has 9 aromatic rings. The molecule has 1 heterocycles. The molecule has 8 aromatic carbocycles. The highest BCUT2D eigenvalue weighted by Gasteiger charge is 2.36. The maximum atomic E-state index is 5.26. The Morgan fingerprint density at radius 3 is 1.76 bits per heavy atom. The summed E-state index contributed by atoms with van der Waals surface area (Å²) in [6, 6.07) is 61.8. The third-order valence-electron chi connectivity index (χ3n) is 10.8. The number of nitrogens with zero attached hydrogens (tertiary/aromatic N) is 2. The van der Waals surface area contributed by atoms with E-state index in [9.17, 15) is 0 Å². The summed E-state index contributed by atoms with van der Waals surface area (Å²) in [5.74, 6) is 0.935. The molecule has 0 amide bonds. The Hall–Kier alpha value is -6.25. The lowest BCUT2D eigenvalue weighted by Gasteiger charge is -2.24. The van der Waals surface area contributed by atoms with Crippen molar-refractivity contribution < 1.29 is 0 Å². The van der Waals surface area contributed by atoms with E-state index in [1.807, 2.05) is 0 Å². The van der Waals surface area contributed by atoms with Gasteiger partial charge in [-0.25, -0.2) is 4.98 Å². The third kappa shape index (κ3) is 4.18. The average molecular weight is 639 g/mol. The monoisotopic (exact) mass is 638 g/mol. The van der Waals surface area contributed by atoms with Crippen LogP contribution in [0.15, 0.2) is 170 Å². The highest BCUT2D eigenvalue weighted by molar-refractivity contribution is 6.23. The fourth-order valence-electron chi connectivity index (χ4n) is 8.45. The minimum Gasteiger partial charge on any atom is -0.292 e.